The van der Waals surface area contributed by atoms with Crippen molar-refractivity contribution >= 4 is 15.9 Å². The maximum Gasteiger partial charge on any atom is 0.123 e. The molecule has 0 bridgehead atoms. The molecule has 0 saturated carbocycles. The number of benzene rings is 1. The molecule has 0 aromatic heterocycles. The lowest BCUT2D eigenvalue weighted by molar-refractivity contribution is 0.400. The number of aryl methyl sites for hydroxylation is 1. The van der Waals surface area contributed by atoms with Crippen LogP contribution in [0, 0.1) is 12.7 Å². The van der Waals surface area contributed by atoms with E-state index in [1.54, 1.807) is 6.07 Å². The highest BCUT2D eigenvalue weighted by molar-refractivity contribution is 9.10. The third-order valence-electron chi connectivity index (χ3n) is 1.78. The Balaban J connectivity index is 3.05. The van der Waals surface area contributed by atoms with Gasteiger partial charge in [-0.25, -0.2) is 4.39 Å². The molecular formula is C10H13BrFN. The second-order valence-corrected chi connectivity index (χ2v) is 4.23. The van der Waals surface area contributed by atoms with E-state index in [0.29, 0.717) is 0 Å². The van der Waals surface area contributed by atoms with Crippen molar-refractivity contribution in [3.8, 4) is 0 Å². The Labute approximate surface area is 86.7 Å². The number of nitrogens with zero attached hydrogens (tertiary/aromatic N) is 1. The Morgan fingerprint density at radius 1 is 1.38 bits per heavy atom. The van der Waals surface area contributed by atoms with Crippen molar-refractivity contribution in [1.82, 2.24) is 4.90 Å². The van der Waals surface area contributed by atoms with E-state index >= 15 is 0 Å². The van der Waals surface area contributed by atoms with Gasteiger partial charge in [-0.15, -0.1) is 0 Å². The Morgan fingerprint density at radius 3 is 2.54 bits per heavy atom. The van der Waals surface area contributed by atoms with Gasteiger partial charge in [-0.3, -0.25) is 0 Å². The van der Waals surface area contributed by atoms with Gasteiger partial charge in [0, 0.05) is 11.0 Å². The van der Waals surface area contributed by atoms with Crippen LogP contribution >= 0.6 is 15.9 Å². The molecule has 0 aliphatic rings. The van der Waals surface area contributed by atoms with Gasteiger partial charge < -0.3 is 4.90 Å². The van der Waals surface area contributed by atoms with Crippen LogP contribution in [0.25, 0.3) is 0 Å². The van der Waals surface area contributed by atoms with Gasteiger partial charge in [0.25, 0.3) is 0 Å². The second kappa shape index (κ2) is 4.20. The zero-order valence-electron chi connectivity index (χ0n) is 8.06. The number of rotatable bonds is 2. The van der Waals surface area contributed by atoms with E-state index < -0.39 is 0 Å². The minimum absolute atomic E-state index is 0.169. The largest absolute Gasteiger partial charge is 0.305 e. The molecule has 1 aromatic carbocycles. The average Bonchev–Trinajstić information content (AvgIpc) is 1.98. The van der Waals surface area contributed by atoms with Crippen LogP contribution in [0.15, 0.2) is 16.6 Å². The summed E-state index contributed by atoms with van der Waals surface area (Å²) in [6, 6.07) is 3.10. The minimum Gasteiger partial charge on any atom is -0.305 e. The number of hydrogen-bond acceptors (Lipinski definition) is 1. The molecule has 1 rings (SSSR count). The summed E-state index contributed by atoms with van der Waals surface area (Å²) in [5.74, 6) is -0.169. The molecule has 0 radical (unpaired) electrons. The highest BCUT2D eigenvalue weighted by Crippen LogP contribution is 2.23. The molecule has 0 atom stereocenters. The van der Waals surface area contributed by atoms with Gasteiger partial charge in [-0.2, -0.15) is 0 Å². The average molecular weight is 246 g/mol. The van der Waals surface area contributed by atoms with Gasteiger partial charge >= 0.3 is 0 Å². The van der Waals surface area contributed by atoms with E-state index in [1.165, 1.54) is 6.07 Å². The van der Waals surface area contributed by atoms with Crippen LogP contribution < -0.4 is 0 Å². The summed E-state index contributed by atoms with van der Waals surface area (Å²) in [5.41, 5.74) is 1.93. The van der Waals surface area contributed by atoms with Crippen molar-refractivity contribution in [3.63, 3.8) is 0 Å². The monoisotopic (exact) mass is 245 g/mol. The van der Waals surface area contributed by atoms with E-state index in [1.807, 2.05) is 25.9 Å². The van der Waals surface area contributed by atoms with Crippen LogP contribution in [0.5, 0.6) is 0 Å². The molecule has 0 N–H and O–H groups in total. The third kappa shape index (κ3) is 2.78. The van der Waals surface area contributed by atoms with E-state index in [9.17, 15) is 4.39 Å². The van der Waals surface area contributed by atoms with Crippen molar-refractivity contribution in [2.45, 2.75) is 13.5 Å². The zero-order chi connectivity index (χ0) is 10.0. The molecule has 0 fully saturated rings. The van der Waals surface area contributed by atoms with Gasteiger partial charge in [-0.1, -0.05) is 15.9 Å². The van der Waals surface area contributed by atoms with Gasteiger partial charge in [0.2, 0.25) is 0 Å². The SMILES string of the molecule is Cc1cc(F)cc(CN(C)C)c1Br. The van der Waals surface area contributed by atoms with Crippen LogP contribution in [0.2, 0.25) is 0 Å². The predicted octanol–water partition coefficient (Wildman–Crippen LogP) is 2.96. The van der Waals surface area contributed by atoms with E-state index in [-0.39, 0.29) is 5.82 Å². The molecular weight excluding hydrogens is 233 g/mol. The molecule has 0 aliphatic heterocycles. The quantitative estimate of drug-likeness (QED) is 0.775. The molecule has 0 spiro atoms. The summed E-state index contributed by atoms with van der Waals surface area (Å²) in [7, 11) is 3.93. The van der Waals surface area contributed by atoms with Gasteiger partial charge in [0.1, 0.15) is 5.82 Å². The predicted molar refractivity (Wildman–Crippen MR) is 56.2 cm³/mol. The Morgan fingerprint density at radius 2 is 2.00 bits per heavy atom. The molecule has 0 amide bonds. The fourth-order valence-corrected chi connectivity index (χ4v) is 1.60. The van der Waals surface area contributed by atoms with Crippen LogP contribution in [0.4, 0.5) is 4.39 Å². The van der Waals surface area contributed by atoms with Crippen molar-refractivity contribution in [1.29, 1.82) is 0 Å². The standard InChI is InChI=1S/C10H13BrFN/c1-7-4-9(12)5-8(10(7)11)6-13(2)3/h4-5H,6H2,1-3H3. The van der Waals surface area contributed by atoms with Gasteiger partial charge in [0.15, 0.2) is 0 Å². The number of halogens is 2. The van der Waals surface area contributed by atoms with Crippen molar-refractivity contribution < 1.29 is 4.39 Å². The molecule has 3 heteroatoms. The first-order valence-corrected chi connectivity index (χ1v) is 4.89. The lowest BCUT2D eigenvalue weighted by Crippen LogP contribution is -2.11. The lowest BCUT2D eigenvalue weighted by atomic mass is 10.1. The summed E-state index contributed by atoms with van der Waals surface area (Å²) in [5, 5.41) is 0. The van der Waals surface area contributed by atoms with Crippen LogP contribution in [-0.4, -0.2) is 19.0 Å². The Hall–Kier alpha value is -0.410. The summed E-state index contributed by atoms with van der Waals surface area (Å²) in [6.45, 7) is 2.64. The summed E-state index contributed by atoms with van der Waals surface area (Å²) in [4.78, 5) is 2.01. The maximum absolute atomic E-state index is 13.0. The Bertz CT molecular complexity index is 310. The summed E-state index contributed by atoms with van der Waals surface area (Å²) in [6.07, 6.45) is 0. The van der Waals surface area contributed by atoms with E-state index in [0.717, 1.165) is 22.1 Å². The molecule has 13 heavy (non-hydrogen) atoms. The fraction of sp³-hybridized carbons (Fsp3) is 0.400. The number of hydrogen-bond donors (Lipinski definition) is 0. The summed E-state index contributed by atoms with van der Waals surface area (Å²) >= 11 is 3.45. The van der Waals surface area contributed by atoms with Crippen molar-refractivity contribution in [2.75, 3.05) is 14.1 Å². The normalized spacial score (nSPS) is 10.9. The van der Waals surface area contributed by atoms with Crippen molar-refractivity contribution in [3.05, 3.63) is 33.5 Å². The molecule has 72 valence electrons. The topological polar surface area (TPSA) is 3.24 Å². The minimum atomic E-state index is -0.169. The fourth-order valence-electron chi connectivity index (χ4n) is 1.25. The maximum atomic E-state index is 13.0. The first kappa shape index (κ1) is 10.7. The third-order valence-corrected chi connectivity index (χ3v) is 2.92. The van der Waals surface area contributed by atoms with Gasteiger partial charge in [0.05, 0.1) is 0 Å². The highest BCUT2D eigenvalue weighted by Gasteiger charge is 2.06. The molecule has 1 aromatic rings. The van der Waals surface area contributed by atoms with E-state index in [2.05, 4.69) is 15.9 Å². The highest BCUT2D eigenvalue weighted by atomic mass is 79.9. The molecule has 0 unspecified atom stereocenters. The summed E-state index contributed by atoms with van der Waals surface area (Å²) < 4.78 is 14.0. The molecule has 0 saturated heterocycles. The molecule has 0 aliphatic carbocycles. The smallest absolute Gasteiger partial charge is 0.123 e. The van der Waals surface area contributed by atoms with Crippen LogP contribution in [0.3, 0.4) is 0 Å². The molecule has 0 heterocycles. The van der Waals surface area contributed by atoms with Crippen LogP contribution in [-0.2, 0) is 6.54 Å². The zero-order valence-corrected chi connectivity index (χ0v) is 9.65. The molecule has 1 nitrogen and oxygen atoms in total. The van der Waals surface area contributed by atoms with Gasteiger partial charge in [-0.05, 0) is 44.3 Å². The second-order valence-electron chi connectivity index (χ2n) is 3.43. The lowest BCUT2D eigenvalue weighted by Gasteiger charge is -2.12. The Kier molecular flexibility index (Phi) is 3.45. The first-order chi connectivity index (χ1) is 6.00. The first-order valence-electron chi connectivity index (χ1n) is 4.10. The van der Waals surface area contributed by atoms with E-state index in [4.69, 9.17) is 0 Å². The van der Waals surface area contributed by atoms with Crippen LogP contribution in [0.1, 0.15) is 11.1 Å². The van der Waals surface area contributed by atoms with Crippen molar-refractivity contribution in [2.24, 2.45) is 0 Å².